The first-order chi connectivity index (χ1) is 10.3. The Labute approximate surface area is 127 Å². The number of hydrogen-bond acceptors (Lipinski definition) is 5. The molecule has 4 nitrogen and oxygen atoms in total. The van der Waals surface area contributed by atoms with Gasteiger partial charge >= 0.3 is 0 Å². The highest BCUT2D eigenvalue weighted by atomic mass is 32.1. The Bertz CT molecular complexity index is 746. The van der Waals surface area contributed by atoms with Crippen LogP contribution in [0.25, 0.3) is 10.2 Å². The van der Waals surface area contributed by atoms with E-state index in [0.717, 1.165) is 24.4 Å². The van der Waals surface area contributed by atoms with Crippen LogP contribution >= 0.6 is 11.3 Å². The molecule has 2 aromatic heterocycles. The third-order valence-electron chi connectivity index (χ3n) is 3.86. The molecule has 1 fully saturated rings. The van der Waals surface area contributed by atoms with Crippen LogP contribution < -0.4 is 5.73 Å². The number of nitrogen functional groups attached to an aromatic ring is 1. The smallest absolute Gasteiger partial charge is 0.181 e. The van der Waals surface area contributed by atoms with Crippen LogP contribution in [0.4, 0.5) is 5.13 Å². The molecular formula is C16H17N3OS. The van der Waals surface area contributed by atoms with E-state index in [2.05, 4.69) is 28.1 Å². The minimum Gasteiger partial charge on any atom is -0.468 e. The van der Waals surface area contributed by atoms with Gasteiger partial charge in [0.2, 0.25) is 0 Å². The van der Waals surface area contributed by atoms with Crippen LogP contribution in [0.1, 0.15) is 24.2 Å². The van der Waals surface area contributed by atoms with Gasteiger partial charge in [0.15, 0.2) is 5.13 Å². The molecule has 0 saturated heterocycles. The Kier molecular flexibility index (Phi) is 3.16. The summed E-state index contributed by atoms with van der Waals surface area (Å²) in [6, 6.07) is 11.1. The van der Waals surface area contributed by atoms with Gasteiger partial charge in [0.25, 0.3) is 0 Å². The van der Waals surface area contributed by atoms with E-state index < -0.39 is 0 Å². The van der Waals surface area contributed by atoms with Crippen molar-refractivity contribution in [2.24, 2.45) is 0 Å². The topological polar surface area (TPSA) is 55.3 Å². The summed E-state index contributed by atoms with van der Waals surface area (Å²) in [7, 11) is 0. The van der Waals surface area contributed by atoms with E-state index in [1.165, 1.54) is 23.1 Å². The normalized spacial score (nSPS) is 15.1. The van der Waals surface area contributed by atoms with Gasteiger partial charge in [-0.2, -0.15) is 0 Å². The van der Waals surface area contributed by atoms with Gasteiger partial charge < -0.3 is 10.2 Å². The van der Waals surface area contributed by atoms with Crippen LogP contribution in [0.5, 0.6) is 0 Å². The summed E-state index contributed by atoms with van der Waals surface area (Å²) in [6.45, 7) is 1.82. The molecule has 0 bridgehead atoms. The predicted molar refractivity (Wildman–Crippen MR) is 85.0 cm³/mol. The van der Waals surface area contributed by atoms with Gasteiger partial charge in [-0.05, 0) is 42.7 Å². The second-order valence-electron chi connectivity index (χ2n) is 5.57. The minimum atomic E-state index is 0.636. The van der Waals surface area contributed by atoms with Gasteiger partial charge in [0.05, 0.1) is 23.0 Å². The molecule has 5 heteroatoms. The van der Waals surface area contributed by atoms with E-state index in [-0.39, 0.29) is 0 Å². The van der Waals surface area contributed by atoms with Crippen molar-refractivity contribution in [1.82, 2.24) is 9.88 Å². The molecule has 4 rings (SSSR count). The van der Waals surface area contributed by atoms with E-state index in [1.807, 2.05) is 12.1 Å². The Morgan fingerprint density at radius 2 is 2.19 bits per heavy atom. The third kappa shape index (κ3) is 2.80. The maximum atomic E-state index is 5.78. The Morgan fingerprint density at radius 3 is 2.95 bits per heavy atom. The van der Waals surface area contributed by atoms with Crippen LogP contribution in [0, 0.1) is 0 Å². The number of rotatable bonds is 5. The van der Waals surface area contributed by atoms with E-state index in [4.69, 9.17) is 10.2 Å². The molecule has 1 aromatic carbocycles. The summed E-state index contributed by atoms with van der Waals surface area (Å²) in [6.07, 6.45) is 4.32. The summed E-state index contributed by atoms with van der Waals surface area (Å²) >= 11 is 1.55. The molecule has 0 amide bonds. The van der Waals surface area contributed by atoms with E-state index in [9.17, 15) is 0 Å². The molecule has 0 radical (unpaired) electrons. The number of nitrogens with zero attached hydrogens (tertiary/aromatic N) is 2. The lowest BCUT2D eigenvalue weighted by molar-refractivity contribution is 0.225. The monoisotopic (exact) mass is 299 g/mol. The van der Waals surface area contributed by atoms with Gasteiger partial charge in [-0.1, -0.05) is 17.4 Å². The molecule has 1 aliphatic rings. The second kappa shape index (κ2) is 5.16. The highest BCUT2D eigenvalue weighted by molar-refractivity contribution is 7.22. The first-order valence-electron chi connectivity index (χ1n) is 7.19. The lowest BCUT2D eigenvalue weighted by Gasteiger charge is -2.20. The van der Waals surface area contributed by atoms with Crippen LogP contribution in [-0.4, -0.2) is 15.9 Å². The molecule has 0 spiro atoms. The van der Waals surface area contributed by atoms with Gasteiger partial charge in [-0.3, -0.25) is 4.90 Å². The molecule has 2 heterocycles. The van der Waals surface area contributed by atoms with E-state index >= 15 is 0 Å². The SMILES string of the molecule is Nc1nc2ccc(CN(Cc3ccco3)C3CC3)cc2s1. The molecule has 3 aromatic rings. The van der Waals surface area contributed by atoms with E-state index in [1.54, 1.807) is 17.6 Å². The summed E-state index contributed by atoms with van der Waals surface area (Å²) < 4.78 is 6.65. The van der Waals surface area contributed by atoms with Gasteiger partial charge in [0.1, 0.15) is 5.76 Å². The maximum absolute atomic E-state index is 5.78. The molecule has 108 valence electrons. The van der Waals surface area contributed by atoms with Crippen molar-refractivity contribution in [3.63, 3.8) is 0 Å². The third-order valence-corrected chi connectivity index (χ3v) is 4.70. The molecule has 0 unspecified atom stereocenters. The van der Waals surface area contributed by atoms with Gasteiger partial charge in [-0.15, -0.1) is 0 Å². The molecule has 2 N–H and O–H groups in total. The number of anilines is 1. The molecule has 0 aliphatic heterocycles. The number of nitrogens with two attached hydrogens (primary N) is 1. The average molecular weight is 299 g/mol. The molecular weight excluding hydrogens is 282 g/mol. The summed E-state index contributed by atoms with van der Waals surface area (Å²) in [5.41, 5.74) is 8.08. The zero-order chi connectivity index (χ0) is 14.2. The van der Waals surface area contributed by atoms with Crippen molar-refractivity contribution >= 4 is 26.7 Å². The first-order valence-corrected chi connectivity index (χ1v) is 8.01. The Morgan fingerprint density at radius 1 is 1.29 bits per heavy atom. The van der Waals surface area contributed by atoms with Crippen molar-refractivity contribution in [3.8, 4) is 0 Å². The lowest BCUT2D eigenvalue weighted by Crippen LogP contribution is -2.24. The minimum absolute atomic E-state index is 0.636. The highest BCUT2D eigenvalue weighted by Gasteiger charge is 2.29. The largest absolute Gasteiger partial charge is 0.468 e. The quantitative estimate of drug-likeness (QED) is 0.781. The fourth-order valence-corrected chi connectivity index (χ4v) is 3.47. The second-order valence-corrected chi connectivity index (χ2v) is 6.63. The van der Waals surface area contributed by atoms with Crippen LogP contribution in [0.3, 0.4) is 0 Å². The van der Waals surface area contributed by atoms with Crippen LogP contribution in [-0.2, 0) is 13.1 Å². The van der Waals surface area contributed by atoms with Crippen molar-refractivity contribution in [1.29, 1.82) is 0 Å². The summed E-state index contributed by atoms with van der Waals surface area (Å²) in [5.74, 6) is 1.03. The van der Waals surface area contributed by atoms with Crippen LogP contribution in [0.15, 0.2) is 41.0 Å². The zero-order valence-electron chi connectivity index (χ0n) is 11.7. The van der Waals surface area contributed by atoms with Gasteiger partial charge in [0, 0.05) is 12.6 Å². The summed E-state index contributed by atoms with van der Waals surface area (Å²) in [5, 5.41) is 0.636. The van der Waals surface area contributed by atoms with Crippen molar-refractivity contribution in [3.05, 3.63) is 47.9 Å². The van der Waals surface area contributed by atoms with E-state index in [0.29, 0.717) is 11.2 Å². The van der Waals surface area contributed by atoms with Crippen molar-refractivity contribution in [2.45, 2.75) is 32.0 Å². The molecule has 21 heavy (non-hydrogen) atoms. The number of aromatic nitrogens is 1. The van der Waals surface area contributed by atoms with Gasteiger partial charge in [-0.25, -0.2) is 4.98 Å². The Balaban J connectivity index is 1.55. The first kappa shape index (κ1) is 12.9. The lowest BCUT2D eigenvalue weighted by atomic mass is 10.2. The van der Waals surface area contributed by atoms with Crippen molar-refractivity contribution in [2.75, 3.05) is 5.73 Å². The fraction of sp³-hybridized carbons (Fsp3) is 0.312. The number of benzene rings is 1. The Hall–Kier alpha value is -1.85. The highest BCUT2D eigenvalue weighted by Crippen LogP contribution is 2.31. The average Bonchev–Trinajstić information content (AvgIpc) is 3.06. The standard InChI is InChI=1S/C16H17N3OS/c17-16-18-14-6-3-11(8-15(14)21-16)9-19(12-4-5-12)10-13-2-1-7-20-13/h1-3,6-8,12H,4-5,9-10H2,(H2,17,18). The summed E-state index contributed by atoms with van der Waals surface area (Å²) in [4.78, 5) is 6.80. The molecule has 1 saturated carbocycles. The van der Waals surface area contributed by atoms with Crippen molar-refractivity contribution < 1.29 is 4.42 Å². The fourth-order valence-electron chi connectivity index (χ4n) is 2.68. The number of furan rings is 1. The molecule has 1 aliphatic carbocycles. The maximum Gasteiger partial charge on any atom is 0.181 e. The predicted octanol–water partition coefficient (Wildman–Crippen LogP) is 3.64. The number of fused-ring (bicyclic) bond motifs is 1. The van der Waals surface area contributed by atoms with Crippen LogP contribution in [0.2, 0.25) is 0 Å². The zero-order valence-corrected chi connectivity index (χ0v) is 12.5. The molecule has 0 atom stereocenters. The number of hydrogen-bond donors (Lipinski definition) is 1. The number of thiazole rings is 1.